The molecule has 3 rings (SSSR count). The summed E-state index contributed by atoms with van der Waals surface area (Å²) in [7, 11) is 1.66. The number of methoxy groups -OCH3 is 1. The van der Waals surface area contributed by atoms with Crippen LogP contribution in [0.1, 0.15) is 0 Å². The molecule has 0 fully saturated rings. The van der Waals surface area contributed by atoms with Crippen LogP contribution in [-0.4, -0.2) is 33.5 Å². The van der Waals surface area contributed by atoms with Crippen LogP contribution in [-0.2, 0) is 9.47 Å². The van der Waals surface area contributed by atoms with E-state index in [1.165, 1.54) is 0 Å². The van der Waals surface area contributed by atoms with Gasteiger partial charge in [0.25, 0.3) is 0 Å². The molecule has 0 saturated heterocycles. The smallest absolute Gasteiger partial charge is 0.119 e. The summed E-state index contributed by atoms with van der Waals surface area (Å²) in [5.74, 6) is 0.815. The Balaban J connectivity index is 1.74. The normalized spacial score (nSPS) is 10.7. The molecule has 0 unspecified atom stereocenters. The van der Waals surface area contributed by atoms with E-state index in [9.17, 15) is 0 Å². The van der Waals surface area contributed by atoms with Gasteiger partial charge in [-0.3, -0.25) is 0 Å². The average molecular weight is 521 g/mol. The van der Waals surface area contributed by atoms with E-state index in [4.69, 9.17) is 14.2 Å². The molecular weight excluding hydrogens is 498 g/mol. The van der Waals surface area contributed by atoms with Crippen LogP contribution in [0.25, 0.3) is 0 Å². The van der Waals surface area contributed by atoms with Gasteiger partial charge in [-0.15, -0.1) is 0 Å². The molecule has 0 N–H and O–H groups in total. The molecule has 0 bridgehead atoms. The Bertz CT molecular complexity index is 823. The van der Waals surface area contributed by atoms with Crippen LogP contribution < -0.4 is 9.64 Å². The maximum absolute atomic E-state index is 5.77. The topological polar surface area (TPSA) is 30.9 Å². The van der Waals surface area contributed by atoms with Gasteiger partial charge in [0.2, 0.25) is 0 Å². The highest BCUT2D eigenvalue weighted by molar-refractivity contribution is 9.10. The number of ether oxygens (including phenoxy) is 3. The number of benzene rings is 3. The van der Waals surface area contributed by atoms with Gasteiger partial charge in [0.05, 0.1) is 19.8 Å². The summed E-state index contributed by atoms with van der Waals surface area (Å²) in [5, 5.41) is 0. The van der Waals surface area contributed by atoms with E-state index in [1.807, 2.05) is 36.4 Å². The summed E-state index contributed by atoms with van der Waals surface area (Å²) in [4.78, 5) is 2.20. The first-order valence-corrected chi connectivity index (χ1v) is 10.9. The average Bonchev–Trinajstić information content (AvgIpc) is 2.74. The van der Waals surface area contributed by atoms with E-state index < -0.39 is 0 Å². The minimum absolute atomic E-state index is 0.506. The Kier molecular flexibility index (Phi) is 8.55. The van der Waals surface area contributed by atoms with Crippen LogP contribution in [0.3, 0.4) is 0 Å². The predicted octanol–water partition coefficient (Wildman–Crippen LogP) is 6.72. The van der Waals surface area contributed by atoms with Gasteiger partial charge in [0, 0.05) is 33.1 Å². The second-order valence-electron chi connectivity index (χ2n) is 6.24. The molecule has 0 aliphatic carbocycles. The van der Waals surface area contributed by atoms with E-state index in [0.717, 1.165) is 31.8 Å². The van der Waals surface area contributed by atoms with Crippen molar-refractivity contribution in [3.63, 3.8) is 0 Å². The maximum atomic E-state index is 5.77. The zero-order valence-corrected chi connectivity index (χ0v) is 19.4. The molecule has 0 atom stereocenters. The van der Waals surface area contributed by atoms with Gasteiger partial charge in [-0.25, -0.2) is 0 Å². The Labute approximate surface area is 188 Å². The van der Waals surface area contributed by atoms with Crippen LogP contribution >= 0.6 is 31.9 Å². The molecule has 0 amide bonds. The Hall–Kier alpha value is -1.86. The Morgan fingerprint density at radius 2 is 1.07 bits per heavy atom. The largest absolute Gasteiger partial charge is 0.491 e. The number of hydrogen-bond donors (Lipinski definition) is 0. The van der Waals surface area contributed by atoms with E-state index in [0.29, 0.717) is 26.4 Å². The lowest BCUT2D eigenvalue weighted by Crippen LogP contribution is -2.11. The number of nitrogens with zero attached hydrogens (tertiary/aromatic N) is 1. The fourth-order valence-corrected chi connectivity index (χ4v) is 3.31. The van der Waals surface area contributed by atoms with Gasteiger partial charge in [-0.05, 0) is 72.8 Å². The van der Waals surface area contributed by atoms with E-state index in [-0.39, 0.29) is 0 Å². The summed E-state index contributed by atoms with van der Waals surface area (Å²) in [6, 6.07) is 24.6. The van der Waals surface area contributed by atoms with Gasteiger partial charge in [0.15, 0.2) is 0 Å². The molecule has 4 nitrogen and oxygen atoms in total. The third-order valence-corrected chi connectivity index (χ3v) is 5.25. The molecule has 0 heterocycles. The first-order chi connectivity index (χ1) is 14.2. The van der Waals surface area contributed by atoms with Crippen LogP contribution in [0.4, 0.5) is 17.1 Å². The maximum Gasteiger partial charge on any atom is 0.119 e. The molecule has 0 aliphatic heterocycles. The zero-order chi connectivity index (χ0) is 20.5. The van der Waals surface area contributed by atoms with Gasteiger partial charge in [0.1, 0.15) is 12.4 Å². The molecule has 0 aromatic heterocycles. The van der Waals surface area contributed by atoms with Gasteiger partial charge in [-0.2, -0.15) is 0 Å². The second kappa shape index (κ2) is 11.4. The van der Waals surface area contributed by atoms with Crippen molar-refractivity contribution in [3.05, 3.63) is 81.7 Å². The third kappa shape index (κ3) is 6.57. The highest BCUT2D eigenvalue weighted by atomic mass is 79.9. The molecule has 0 aliphatic rings. The van der Waals surface area contributed by atoms with E-state index >= 15 is 0 Å². The monoisotopic (exact) mass is 519 g/mol. The summed E-state index contributed by atoms with van der Waals surface area (Å²) < 4.78 is 18.2. The molecular formula is C23H23Br2NO3. The molecule has 0 saturated carbocycles. The summed E-state index contributed by atoms with van der Waals surface area (Å²) in [6.07, 6.45) is 0. The third-order valence-electron chi connectivity index (χ3n) is 4.19. The first kappa shape index (κ1) is 21.8. The Morgan fingerprint density at radius 1 is 0.621 bits per heavy atom. The lowest BCUT2D eigenvalue weighted by atomic mass is 10.2. The highest BCUT2D eigenvalue weighted by Crippen LogP contribution is 2.36. The number of anilines is 3. The predicted molar refractivity (Wildman–Crippen MR) is 125 cm³/mol. The second-order valence-corrected chi connectivity index (χ2v) is 8.07. The molecule has 0 spiro atoms. The molecule has 3 aromatic carbocycles. The van der Waals surface area contributed by atoms with E-state index in [1.54, 1.807) is 7.11 Å². The molecule has 29 heavy (non-hydrogen) atoms. The van der Waals surface area contributed by atoms with E-state index in [2.05, 4.69) is 73.2 Å². The van der Waals surface area contributed by atoms with Crippen LogP contribution in [0, 0.1) is 0 Å². The fourth-order valence-electron chi connectivity index (χ4n) is 2.78. The minimum Gasteiger partial charge on any atom is -0.491 e. The highest BCUT2D eigenvalue weighted by Gasteiger charge is 2.12. The van der Waals surface area contributed by atoms with Crippen molar-refractivity contribution in [1.82, 2.24) is 0 Å². The summed E-state index contributed by atoms with van der Waals surface area (Å²) in [6.45, 7) is 2.21. The lowest BCUT2D eigenvalue weighted by molar-refractivity contribution is 0.0544. The number of hydrogen-bond acceptors (Lipinski definition) is 4. The lowest BCUT2D eigenvalue weighted by Gasteiger charge is -2.25. The standard InChI is InChI=1S/C23H23Br2NO3/c1-27-14-15-28-16-17-29-23-12-10-22(11-13-23)26(20-6-2-18(24)3-7-20)21-8-4-19(25)5-9-21/h2-13H,14-17H2,1H3. The fraction of sp³-hybridized carbons (Fsp3) is 0.217. The quantitative estimate of drug-likeness (QED) is 0.277. The molecule has 3 aromatic rings. The SMILES string of the molecule is COCCOCCOc1ccc(N(c2ccc(Br)cc2)c2ccc(Br)cc2)cc1. The van der Waals surface area contributed by atoms with Crippen LogP contribution in [0.2, 0.25) is 0 Å². The van der Waals surface area contributed by atoms with Crippen molar-refractivity contribution in [1.29, 1.82) is 0 Å². The van der Waals surface area contributed by atoms with Crippen molar-refractivity contribution in [2.75, 3.05) is 38.4 Å². The zero-order valence-electron chi connectivity index (χ0n) is 16.2. The van der Waals surface area contributed by atoms with Crippen molar-refractivity contribution >= 4 is 48.9 Å². The minimum atomic E-state index is 0.506. The molecule has 0 radical (unpaired) electrons. The van der Waals surface area contributed by atoms with Gasteiger partial charge in [-0.1, -0.05) is 31.9 Å². The van der Waals surface area contributed by atoms with Crippen molar-refractivity contribution in [3.8, 4) is 5.75 Å². The summed E-state index contributed by atoms with van der Waals surface area (Å²) in [5.41, 5.74) is 3.21. The van der Waals surface area contributed by atoms with Crippen LogP contribution in [0.15, 0.2) is 81.7 Å². The Morgan fingerprint density at radius 3 is 1.55 bits per heavy atom. The number of halogens is 2. The number of rotatable bonds is 10. The van der Waals surface area contributed by atoms with Crippen molar-refractivity contribution < 1.29 is 14.2 Å². The summed E-state index contributed by atoms with van der Waals surface area (Å²) >= 11 is 7.02. The van der Waals surface area contributed by atoms with Crippen LogP contribution in [0.5, 0.6) is 5.75 Å². The van der Waals surface area contributed by atoms with Gasteiger partial charge >= 0.3 is 0 Å². The molecule has 6 heteroatoms. The van der Waals surface area contributed by atoms with Gasteiger partial charge < -0.3 is 19.1 Å². The molecule has 152 valence electrons. The first-order valence-electron chi connectivity index (χ1n) is 9.28. The van der Waals surface area contributed by atoms with Crippen molar-refractivity contribution in [2.45, 2.75) is 0 Å². The van der Waals surface area contributed by atoms with Crippen molar-refractivity contribution in [2.24, 2.45) is 0 Å².